The number of piperidine rings is 1. The van der Waals surface area contributed by atoms with Crippen LogP contribution in [-0.2, 0) is 48.1 Å². The van der Waals surface area contributed by atoms with Crippen LogP contribution in [0.5, 0.6) is 0 Å². The monoisotopic (exact) mass is 910 g/mol. The predicted molar refractivity (Wildman–Crippen MR) is 251 cm³/mol. The van der Waals surface area contributed by atoms with E-state index in [0.717, 1.165) is 11.3 Å². The molecule has 0 aromatic heterocycles. The minimum atomic E-state index is -2.31. The molecule has 2 saturated heterocycles. The zero-order valence-electron chi connectivity index (χ0n) is 41.3. The summed E-state index contributed by atoms with van der Waals surface area (Å²) in [6, 6.07) is 3.64. The molecule has 0 spiro atoms. The number of hydrogen-bond acceptors (Lipinski definition) is 10. The molecule has 0 bridgehead atoms. The highest BCUT2D eigenvalue weighted by molar-refractivity contribution is 6.74. The Hall–Kier alpha value is -4.24. The van der Waals surface area contributed by atoms with Crippen molar-refractivity contribution >= 4 is 49.6 Å². The van der Waals surface area contributed by atoms with Gasteiger partial charge in [-0.05, 0) is 72.7 Å². The Bertz CT molecular complexity index is 1880. The van der Waals surface area contributed by atoms with Gasteiger partial charge in [0, 0.05) is 30.2 Å². The van der Waals surface area contributed by atoms with Gasteiger partial charge in [0.25, 0.3) is 5.91 Å². The summed E-state index contributed by atoms with van der Waals surface area (Å²) >= 11 is 0. The third kappa shape index (κ3) is 11.6. The summed E-state index contributed by atoms with van der Waals surface area (Å²) in [6.07, 6.45) is 0.624. The number of carbonyl (C=O) groups excluding carboxylic acids is 6. The van der Waals surface area contributed by atoms with Crippen molar-refractivity contribution in [3.05, 3.63) is 42.5 Å². The number of para-hydroxylation sites is 1. The highest BCUT2D eigenvalue weighted by Gasteiger charge is 2.59. The summed E-state index contributed by atoms with van der Waals surface area (Å²) in [5.41, 5.74) is 1.22. The van der Waals surface area contributed by atoms with Gasteiger partial charge in [0.2, 0.25) is 17.7 Å². The number of amides is 4. The topological polar surface area (TPSA) is 173 Å². The zero-order valence-corrected chi connectivity index (χ0v) is 42.3. The van der Waals surface area contributed by atoms with Crippen LogP contribution in [0.15, 0.2) is 36.9 Å². The number of benzene rings is 1. The van der Waals surface area contributed by atoms with Crippen LogP contribution in [0.25, 0.3) is 0 Å². The number of esters is 2. The second-order valence-corrected chi connectivity index (χ2v) is 26.3. The summed E-state index contributed by atoms with van der Waals surface area (Å²) in [5, 5.41) is 9.36. The SMILES string of the molecule is C=CCOC(=O)[C@@H]1C[C@@]2(C)c3ccccc3N[C@H]2N1C(=O)[C@H](NC(=O)[C@H](CC(C)C)NC(=O)[C@H]1C[C@@H](O[Si](C)(C)C(C)(C)C)CCN1C(=O)[C@@H](OC(=O)[C@H](C)C(C)C)C(C)C)C(C)C. The number of ether oxygens (including phenoxy) is 2. The molecule has 9 atom stereocenters. The van der Waals surface area contributed by atoms with Crippen molar-refractivity contribution in [2.24, 2.45) is 29.6 Å². The molecule has 2 fully saturated rings. The fourth-order valence-electron chi connectivity index (χ4n) is 8.74. The lowest BCUT2D eigenvalue weighted by molar-refractivity contribution is -0.170. The van der Waals surface area contributed by atoms with E-state index in [2.05, 4.69) is 56.4 Å². The number of likely N-dealkylation sites (tertiary alicyclic amines) is 2. The normalized spacial score (nSPS) is 24.0. The second kappa shape index (κ2) is 20.9. The minimum Gasteiger partial charge on any atom is -0.460 e. The lowest BCUT2D eigenvalue weighted by Gasteiger charge is -2.45. The summed E-state index contributed by atoms with van der Waals surface area (Å²) in [6.45, 7) is 33.3. The average Bonchev–Trinajstić information content (AvgIpc) is 3.66. The third-order valence-corrected chi connectivity index (χ3v) is 18.5. The molecule has 1 aromatic carbocycles. The summed E-state index contributed by atoms with van der Waals surface area (Å²) in [7, 11) is -2.31. The van der Waals surface area contributed by atoms with Gasteiger partial charge in [-0.15, -0.1) is 0 Å². The Morgan fingerprint density at radius 1 is 0.922 bits per heavy atom. The lowest BCUT2D eigenvalue weighted by Crippen LogP contribution is -2.63. The van der Waals surface area contributed by atoms with Gasteiger partial charge in [-0.3, -0.25) is 24.0 Å². The maximum absolute atomic E-state index is 14.9. The first-order valence-corrected chi connectivity index (χ1v) is 26.3. The fraction of sp³-hybridized carbons (Fsp3) is 0.714. The van der Waals surface area contributed by atoms with E-state index in [1.54, 1.807) is 6.92 Å². The van der Waals surface area contributed by atoms with Gasteiger partial charge < -0.3 is 39.6 Å². The number of anilines is 1. The second-order valence-electron chi connectivity index (χ2n) is 21.5. The van der Waals surface area contributed by atoms with Crippen molar-refractivity contribution in [3.63, 3.8) is 0 Å². The van der Waals surface area contributed by atoms with Gasteiger partial charge in [-0.2, -0.15) is 0 Å². The van der Waals surface area contributed by atoms with Crippen molar-refractivity contribution in [1.29, 1.82) is 0 Å². The van der Waals surface area contributed by atoms with E-state index in [4.69, 9.17) is 13.9 Å². The molecule has 0 saturated carbocycles. The third-order valence-electron chi connectivity index (χ3n) is 14.0. The number of carbonyl (C=O) groups is 6. The van der Waals surface area contributed by atoms with E-state index in [9.17, 15) is 28.8 Å². The predicted octanol–water partition coefficient (Wildman–Crippen LogP) is 6.94. The largest absolute Gasteiger partial charge is 0.460 e. The number of rotatable bonds is 18. The highest BCUT2D eigenvalue weighted by Crippen LogP contribution is 2.51. The maximum Gasteiger partial charge on any atom is 0.329 e. The molecule has 3 N–H and O–H groups in total. The molecule has 358 valence electrons. The van der Waals surface area contributed by atoms with Crippen molar-refractivity contribution in [1.82, 2.24) is 20.4 Å². The van der Waals surface area contributed by atoms with E-state index < -0.39 is 97.6 Å². The highest BCUT2D eigenvalue weighted by atomic mass is 28.4. The van der Waals surface area contributed by atoms with Gasteiger partial charge in [-0.25, -0.2) is 4.79 Å². The zero-order chi connectivity index (χ0) is 48.2. The van der Waals surface area contributed by atoms with E-state index >= 15 is 0 Å². The Balaban J connectivity index is 1.66. The molecule has 3 heterocycles. The molecule has 3 aliphatic rings. The van der Waals surface area contributed by atoms with E-state index in [1.807, 2.05) is 86.6 Å². The van der Waals surface area contributed by atoms with Crippen LogP contribution in [0, 0.1) is 29.6 Å². The molecule has 0 radical (unpaired) electrons. The number of nitrogens with one attached hydrogen (secondary N) is 3. The molecular weight excluding hydrogens is 831 g/mol. The minimum absolute atomic E-state index is 0.000801. The number of fused-ring (bicyclic) bond motifs is 3. The van der Waals surface area contributed by atoms with E-state index in [-0.39, 0.29) is 54.9 Å². The molecule has 0 unspecified atom stereocenters. The Morgan fingerprint density at radius 3 is 2.12 bits per heavy atom. The van der Waals surface area contributed by atoms with Crippen LogP contribution in [0.4, 0.5) is 5.69 Å². The molecule has 3 aliphatic heterocycles. The van der Waals surface area contributed by atoms with Crippen molar-refractivity contribution < 1.29 is 42.7 Å². The first kappa shape index (κ1) is 52.4. The molecule has 0 aliphatic carbocycles. The molecule has 4 rings (SSSR count). The molecule has 1 aromatic rings. The van der Waals surface area contributed by atoms with Crippen LogP contribution in [0.2, 0.25) is 18.1 Å². The van der Waals surface area contributed by atoms with Crippen LogP contribution in [0.3, 0.4) is 0 Å². The van der Waals surface area contributed by atoms with Crippen LogP contribution < -0.4 is 16.0 Å². The summed E-state index contributed by atoms with van der Waals surface area (Å²) < 4.78 is 18.3. The fourth-order valence-corrected chi connectivity index (χ4v) is 10.1. The van der Waals surface area contributed by atoms with Gasteiger partial charge in [0.05, 0.1) is 5.92 Å². The van der Waals surface area contributed by atoms with Gasteiger partial charge >= 0.3 is 11.9 Å². The number of nitrogens with zero attached hydrogens (tertiary/aromatic N) is 2. The van der Waals surface area contributed by atoms with Gasteiger partial charge in [0.15, 0.2) is 14.4 Å². The van der Waals surface area contributed by atoms with Crippen LogP contribution >= 0.6 is 0 Å². The summed E-state index contributed by atoms with van der Waals surface area (Å²) in [4.78, 5) is 88.7. The Morgan fingerprint density at radius 2 is 1.56 bits per heavy atom. The quantitative estimate of drug-likeness (QED) is 0.0796. The standard InChI is InChI=1S/C49H79N5O9Si/c1-17-24-61-46(60)38-27-49(14)34-20-18-19-21-35(34)51-47(49)54(38)43(57)39(30(6)7)52-41(55)36(25-28(2)3)50-42(56)37-26-33(63-64(15,16)48(11,12)13)22-23-53(37)44(58)40(31(8)9)62-45(59)32(10)29(4)5/h17-21,28-33,36-40,47,51H,1,22-27H2,2-16H3,(H,50,56)(H,52,55)/t32-,33+,36+,37-,38+,39-,40+,47+,49+/m1/s1. The Kier molecular flexibility index (Phi) is 17.1. The first-order valence-electron chi connectivity index (χ1n) is 23.4. The molecular formula is C49H79N5O9Si. The van der Waals surface area contributed by atoms with Crippen molar-refractivity contribution in [3.8, 4) is 0 Å². The lowest BCUT2D eigenvalue weighted by atomic mass is 9.80. The number of hydrogen-bond donors (Lipinski definition) is 3. The van der Waals surface area contributed by atoms with Crippen LogP contribution in [0.1, 0.15) is 121 Å². The molecule has 64 heavy (non-hydrogen) atoms. The van der Waals surface area contributed by atoms with Crippen LogP contribution in [-0.4, -0.2) is 109 Å². The molecule has 4 amide bonds. The van der Waals surface area contributed by atoms with Gasteiger partial charge in [-0.1, -0.05) is 121 Å². The van der Waals surface area contributed by atoms with E-state index in [1.165, 1.54) is 15.9 Å². The maximum atomic E-state index is 14.9. The smallest absolute Gasteiger partial charge is 0.329 e. The molecule has 15 heteroatoms. The Labute approximate surface area is 383 Å². The average molecular weight is 910 g/mol. The van der Waals surface area contributed by atoms with E-state index in [0.29, 0.717) is 12.8 Å². The molecule has 14 nitrogen and oxygen atoms in total. The van der Waals surface area contributed by atoms with Crippen molar-refractivity contribution in [2.75, 3.05) is 18.5 Å². The summed E-state index contributed by atoms with van der Waals surface area (Å²) in [5.74, 6) is -4.36. The first-order chi connectivity index (χ1) is 29.7. The van der Waals surface area contributed by atoms with Gasteiger partial charge in [0.1, 0.15) is 36.9 Å². The van der Waals surface area contributed by atoms with Crippen molar-refractivity contribution in [2.45, 2.75) is 182 Å².